The number of benzene rings is 1. The number of carboxylic acid groups (broad SMARTS) is 1. The van der Waals surface area contributed by atoms with Crippen LogP contribution in [0.25, 0.3) is 0 Å². The third-order valence-electron chi connectivity index (χ3n) is 2.83. The van der Waals surface area contributed by atoms with E-state index in [1.807, 2.05) is 6.07 Å². The fourth-order valence-electron chi connectivity index (χ4n) is 2.00. The van der Waals surface area contributed by atoms with Crippen LogP contribution in [0.2, 0.25) is 0 Å². The summed E-state index contributed by atoms with van der Waals surface area (Å²) < 4.78 is 5.21. The molecule has 1 aliphatic rings. The topological polar surface area (TPSA) is 66.8 Å². The van der Waals surface area contributed by atoms with Crippen molar-refractivity contribution in [2.45, 2.75) is 19.3 Å². The molecule has 1 aromatic carbocycles. The predicted molar refractivity (Wildman–Crippen MR) is 65.8 cm³/mol. The number of hydrogen-bond acceptors (Lipinski definition) is 3. The van der Waals surface area contributed by atoms with Gasteiger partial charge in [0.15, 0.2) is 6.61 Å². The van der Waals surface area contributed by atoms with Gasteiger partial charge in [0, 0.05) is 13.0 Å². The van der Waals surface area contributed by atoms with E-state index >= 15 is 0 Å². The first kappa shape index (κ1) is 12.4. The summed E-state index contributed by atoms with van der Waals surface area (Å²) in [5, 5.41) is 8.62. The second-order valence-electron chi connectivity index (χ2n) is 4.15. The Kier molecular flexibility index (Phi) is 3.82. The number of rotatable bonds is 4. The van der Waals surface area contributed by atoms with Crippen molar-refractivity contribution in [3.8, 4) is 5.75 Å². The zero-order chi connectivity index (χ0) is 13.0. The summed E-state index contributed by atoms with van der Waals surface area (Å²) >= 11 is 0. The SMILES string of the molecule is O=C(O)COc1ccccc1N1CCCCC1=O. The quantitative estimate of drug-likeness (QED) is 0.881. The van der Waals surface area contributed by atoms with Crippen LogP contribution in [0, 0.1) is 0 Å². The van der Waals surface area contributed by atoms with Crippen LogP contribution in [0.15, 0.2) is 24.3 Å². The van der Waals surface area contributed by atoms with Gasteiger partial charge in [0.05, 0.1) is 5.69 Å². The lowest BCUT2D eigenvalue weighted by Gasteiger charge is -2.28. The van der Waals surface area contributed by atoms with E-state index in [4.69, 9.17) is 9.84 Å². The molecule has 0 atom stereocenters. The molecule has 96 valence electrons. The van der Waals surface area contributed by atoms with Gasteiger partial charge in [-0.25, -0.2) is 4.79 Å². The van der Waals surface area contributed by atoms with Crippen molar-refractivity contribution in [1.29, 1.82) is 0 Å². The van der Waals surface area contributed by atoms with Gasteiger partial charge in [0.1, 0.15) is 5.75 Å². The van der Waals surface area contributed by atoms with Crippen molar-refractivity contribution in [2.75, 3.05) is 18.1 Å². The molecular weight excluding hydrogens is 234 g/mol. The maximum absolute atomic E-state index is 11.8. The number of para-hydroxylation sites is 2. The van der Waals surface area contributed by atoms with Crippen LogP contribution in [-0.4, -0.2) is 30.1 Å². The summed E-state index contributed by atoms with van der Waals surface area (Å²) in [5.41, 5.74) is 0.656. The first-order chi connectivity index (χ1) is 8.68. The fourth-order valence-corrected chi connectivity index (χ4v) is 2.00. The van der Waals surface area contributed by atoms with Crippen molar-refractivity contribution in [2.24, 2.45) is 0 Å². The molecule has 1 N–H and O–H groups in total. The maximum atomic E-state index is 11.8. The molecule has 0 unspecified atom stereocenters. The number of piperidine rings is 1. The van der Waals surface area contributed by atoms with Crippen LogP contribution in [0.1, 0.15) is 19.3 Å². The van der Waals surface area contributed by atoms with Crippen molar-refractivity contribution >= 4 is 17.6 Å². The standard InChI is InChI=1S/C13H15NO4/c15-12-7-3-4-8-14(12)10-5-1-2-6-11(10)18-9-13(16)17/h1-2,5-6H,3-4,7-9H2,(H,16,17). The molecule has 1 fully saturated rings. The molecule has 0 radical (unpaired) electrons. The molecule has 18 heavy (non-hydrogen) atoms. The Bertz CT molecular complexity index is 458. The number of carbonyl (C=O) groups excluding carboxylic acids is 1. The molecule has 5 heteroatoms. The van der Waals surface area contributed by atoms with E-state index < -0.39 is 12.6 Å². The van der Waals surface area contributed by atoms with Crippen molar-refractivity contribution in [1.82, 2.24) is 0 Å². The van der Waals surface area contributed by atoms with Gasteiger partial charge in [-0.05, 0) is 25.0 Å². The smallest absolute Gasteiger partial charge is 0.341 e. The Balaban J connectivity index is 2.20. The second-order valence-corrected chi connectivity index (χ2v) is 4.15. The summed E-state index contributed by atoms with van der Waals surface area (Å²) in [7, 11) is 0. The number of hydrogen-bond donors (Lipinski definition) is 1. The van der Waals surface area contributed by atoms with Gasteiger partial charge in [0.2, 0.25) is 5.91 Å². The number of aliphatic carboxylic acids is 1. The van der Waals surface area contributed by atoms with E-state index in [9.17, 15) is 9.59 Å². The van der Waals surface area contributed by atoms with E-state index in [-0.39, 0.29) is 5.91 Å². The molecule has 0 spiro atoms. The van der Waals surface area contributed by atoms with Crippen LogP contribution in [-0.2, 0) is 9.59 Å². The van der Waals surface area contributed by atoms with Gasteiger partial charge in [-0.3, -0.25) is 4.79 Å². The summed E-state index contributed by atoms with van der Waals surface area (Å²) in [4.78, 5) is 24.0. The Labute approximate surface area is 105 Å². The minimum atomic E-state index is -1.03. The fraction of sp³-hybridized carbons (Fsp3) is 0.385. The Morgan fingerprint density at radius 3 is 2.83 bits per heavy atom. The summed E-state index contributed by atoms with van der Waals surface area (Å²) in [6.45, 7) is 0.255. The summed E-state index contributed by atoms with van der Waals surface area (Å²) in [6.07, 6.45) is 2.40. The zero-order valence-electron chi connectivity index (χ0n) is 9.96. The van der Waals surface area contributed by atoms with Crippen LogP contribution in [0.5, 0.6) is 5.75 Å². The summed E-state index contributed by atoms with van der Waals surface area (Å²) in [6, 6.07) is 7.03. The van der Waals surface area contributed by atoms with Crippen molar-refractivity contribution < 1.29 is 19.4 Å². The highest BCUT2D eigenvalue weighted by molar-refractivity contribution is 5.95. The zero-order valence-corrected chi connectivity index (χ0v) is 9.96. The van der Waals surface area contributed by atoms with E-state index in [1.54, 1.807) is 23.1 Å². The minimum Gasteiger partial charge on any atom is -0.480 e. The number of ether oxygens (including phenoxy) is 1. The maximum Gasteiger partial charge on any atom is 0.341 e. The molecule has 1 aliphatic heterocycles. The molecule has 0 aliphatic carbocycles. The molecule has 1 heterocycles. The third-order valence-corrected chi connectivity index (χ3v) is 2.83. The van der Waals surface area contributed by atoms with Gasteiger partial charge >= 0.3 is 5.97 Å². The average molecular weight is 249 g/mol. The summed E-state index contributed by atoms with van der Waals surface area (Å²) in [5.74, 6) is -0.530. The number of amides is 1. The molecule has 1 amide bonds. The second kappa shape index (κ2) is 5.53. The van der Waals surface area contributed by atoms with Gasteiger partial charge in [-0.1, -0.05) is 12.1 Å². The van der Waals surface area contributed by atoms with Crippen LogP contribution in [0.3, 0.4) is 0 Å². The average Bonchev–Trinajstić information content (AvgIpc) is 2.37. The Morgan fingerprint density at radius 1 is 1.33 bits per heavy atom. The molecule has 5 nitrogen and oxygen atoms in total. The predicted octanol–water partition coefficient (Wildman–Crippen LogP) is 1.67. The van der Waals surface area contributed by atoms with E-state index in [2.05, 4.69) is 0 Å². The third kappa shape index (κ3) is 2.80. The number of nitrogens with zero attached hydrogens (tertiary/aromatic N) is 1. The number of anilines is 1. The van der Waals surface area contributed by atoms with Crippen molar-refractivity contribution in [3.05, 3.63) is 24.3 Å². The normalized spacial score (nSPS) is 15.6. The van der Waals surface area contributed by atoms with Crippen LogP contribution >= 0.6 is 0 Å². The van der Waals surface area contributed by atoms with Crippen molar-refractivity contribution in [3.63, 3.8) is 0 Å². The lowest BCUT2D eigenvalue weighted by molar-refractivity contribution is -0.139. The van der Waals surface area contributed by atoms with E-state index in [0.29, 0.717) is 24.4 Å². The van der Waals surface area contributed by atoms with E-state index in [1.165, 1.54) is 0 Å². The molecule has 2 rings (SSSR count). The highest BCUT2D eigenvalue weighted by atomic mass is 16.5. The molecule has 0 bridgehead atoms. The largest absolute Gasteiger partial charge is 0.480 e. The molecular formula is C13H15NO4. The van der Waals surface area contributed by atoms with Gasteiger partial charge in [-0.15, -0.1) is 0 Å². The van der Waals surface area contributed by atoms with E-state index in [0.717, 1.165) is 12.8 Å². The van der Waals surface area contributed by atoms with Crippen LogP contribution < -0.4 is 9.64 Å². The molecule has 0 saturated carbocycles. The molecule has 1 aromatic rings. The first-order valence-electron chi connectivity index (χ1n) is 5.92. The monoisotopic (exact) mass is 249 g/mol. The number of carboxylic acids is 1. The Morgan fingerprint density at radius 2 is 2.11 bits per heavy atom. The highest BCUT2D eigenvalue weighted by Gasteiger charge is 2.22. The number of carbonyl (C=O) groups is 2. The lowest BCUT2D eigenvalue weighted by atomic mass is 10.1. The molecule has 1 saturated heterocycles. The van der Waals surface area contributed by atoms with Gasteiger partial charge < -0.3 is 14.7 Å². The van der Waals surface area contributed by atoms with Gasteiger partial charge in [-0.2, -0.15) is 0 Å². The first-order valence-corrected chi connectivity index (χ1v) is 5.92. The minimum absolute atomic E-state index is 0.0626. The Hall–Kier alpha value is -2.04. The highest BCUT2D eigenvalue weighted by Crippen LogP contribution is 2.30. The lowest BCUT2D eigenvalue weighted by Crippen LogP contribution is -2.35. The van der Waals surface area contributed by atoms with Crippen LogP contribution in [0.4, 0.5) is 5.69 Å². The van der Waals surface area contributed by atoms with Gasteiger partial charge in [0.25, 0.3) is 0 Å². The molecule has 0 aromatic heterocycles.